The predicted molar refractivity (Wildman–Crippen MR) is 184 cm³/mol. The molecule has 1 N–H and O–H groups in total. The summed E-state index contributed by atoms with van der Waals surface area (Å²) in [6, 6.07) is 23.1. The molecule has 0 aliphatic rings. The van der Waals surface area contributed by atoms with Crippen molar-refractivity contribution in [2.75, 3.05) is 0 Å². The van der Waals surface area contributed by atoms with Gasteiger partial charge < -0.3 is 5.11 Å². The van der Waals surface area contributed by atoms with E-state index in [0.717, 1.165) is 52.5 Å². The quantitative estimate of drug-likeness (QED) is 0.0696. The Kier molecular flexibility index (Phi) is 12.7. The molecule has 0 aliphatic heterocycles. The average Bonchev–Trinajstić information content (AvgIpc) is 3.36. The normalized spacial score (nSPS) is 12.1. The molecule has 2 aromatic heterocycles. The largest absolute Gasteiger partial charge is 0 e. The van der Waals surface area contributed by atoms with Gasteiger partial charge in [0.25, 0.3) is 0 Å². The van der Waals surface area contributed by atoms with Gasteiger partial charge >= 0.3 is 166 Å². The van der Waals surface area contributed by atoms with E-state index in [1.165, 1.54) is 25.9 Å². The topological polar surface area (TPSA) is 63.1 Å². The SMILES string of the molecule is CCC(CC)C(=O)/C=C(\O)C(CC)CC.[CH3][Ge]([CH3])([CH3])[c]1ccc2c(c1)sc1c(-c3[c-]c4ccccc4cc3)ncnc12.[Ir]. The zero-order chi connectivity index (χ0) is 30.4. The van der Waals surface area contributed by atoms with Crippen LogP contribution >= 0.6 is 11.3 Å². The summed E-state index contributed by atoms with van der Waals surface area (Å²) in [4.78, 5) is 21.0. The first-order valence-corrected chi connectivity index (χ1v) is 23.3. The minimum absolute atomic E-state index is 0. The number of carbonyl (C=O) groups is 1. The van der Waals surface area contributed by atoms with Crippen molar-refractivity contribution in [2.45, 2.75) is 70.6 Å². The second-order valence-electron chi connectivity index (χ2n) is 11.9. The van der Waals surface area contributed by atoms with Crippen molar-refractivity contribution < 1.29 is 30.0 Å². The van der Waals surface area contributed by atoms with Gasteiger partial charge in [0.2, 0.25) is 0 Å². The van der Waals surface area contributed by atoms with Gasteiger partial charge in [-0.3, -0.25) is 4.79 Å². The fraction of sp³-hybridized carbons (Fsp3) is 0.361. The maximum absolute atomic E-state index is 11.7. The van der Waals surface area contributed by atoms with Gasteiger partial charge in [0, 0.05) is 38.0 Å². The van der Waals surface area contributed by atoms with Gasteiger partial charge in [0.15, 0.2) is 5.78 Å². The minimum atomic E-state index is -1.86. The molecule has 3 aromatic carbocycles. The zero-order valence-corrected chi connectivity index (χ0v) is 31.6. The Labute approximate surface area is 276 Å². The van der Waals surface area contributed by atoms with Crippen molar-refractivity contribution in [1.82, 2.24) is 9.97 Å². The van der Waals surface area contributed by atoms with Gasteiger partial charge in [0.1, 0.15) is 0 Å². The second kappa shape index (κ2) is 15.6. The number of fused-ring (bicyclic) bond motifs is 4. The van der Waals surface area contributed by atoms with Crippen molar-refractivity contribution in [3.63, 3.8) is 0 Å². The molecule has 1 radical (unpaired) electrons. The Morgan fingerprint density at radius 2 is 1.60 bits per heavy atom. The van der Waals surface area contributed by atoms with Crippen molar-refractivity contribution in [1.29, 1.82) is 0 Å². The minimum Gasteiger partial charge on any atom is 0 e. The van der Waals surface area contributed by atoms with Crippen LogP contribution in [0.1, 0.15) is 53.4 Å². The fourth-order valence-corrected chi connectivity index (χ4v) is 9.12. The summed E-state index contributed by atoms with van der Waals surface area (Å²) in [5.74, 6) is 7.85. The molecule has 2 heterocycles. The van der Waals surface area contributed by atoms with Crippen LogP contribution in [0.2, 0.25) is 17.3 Å². The van der Waals surface area contributed by atoms with Crippen LogP contribution in [-0.4, -0.2) is 34.1 Å². The summed E-state index contributed by atoms with van der Waals surface area (Å²) < 4.78 is 3.99. The number of aliphatic hydroxyl groups excluding tert-OH is 1. The van der Waals surface area contributed by atoms with Gasteiger partial charge in [-0.05, 0) is 25.7 Å². The van der Waals surface area contributed by atoms with Gasteiger partial charge in [-0.15, -0.1) is 0 Å². The molecular weight excluding hydrogens is 789 g/mol. The summed E-state index contributed by atoms with van der Waals surface area (Å²) >= 11 is -0.0549. The maximum atomic E-state index is 11.7. The molecule has 0 saturated heterocycles. The molecular formula is C36H43GeIrN2O2S-. The Bertz CT molecular complexity index is 1720. The van der Waals surface area contributed by atoms with E-state index >= 15 is 0 Å². The van der Waals surface area contributed by atoms with Gasteiger partial charge in [-0.1, -0.05) is 27.7 Å². The number of ketones is 1. The van der Waals surface area contributed by atoms with Crippen LogP contribution in [0.15, 0.2) is 72.8 Å². The number of nitrogens with zero attached hydrogens (tertiary/aromatic N) is 2. The zero-order valence-electron chi connectivity index (χ0n) is 26.3. The van der Waals surface area contributed by atoms with E-state index < -0.39 is 13.3 Å². The van der Waals surface area contributed by atoms with Crippen LogP contribution in [0.3, 0.4) is 0 Å². The number of thiophene rings is 1. The van der Waals surface area contributed by atoms with Crippen LogP contribution in [0.5, 0.6) is 0 Å². The summed E-state index contributed by atoms with van der Waals surface area (Å²) in [6.07, 6.45) is 6.59. The number of aliphatic hydroxyl groups is 1. The molecule has 7 heteroatoms. The molecule has 43 heavy (non-hydrogen) atoms. The monoisotopic (exact) mass is 834 g/mol. The number of rotatable bonds is 9. The smallest absolute Gasteiger partial charge is 0 e. The molecule has 5 rings (SSSR count). The van der Waals surface area contributed by atoms with Crippen molar-refractivity contribution >= 4 is 65.9 Å². The fourth-order valence-electron chi connectivity index (χ4n) is 5.27. The standard InChI is InChI=1S/C23H19GeN2S.C13H24O2.Ir/c1-24(2,3)18-10-11-19-20(13-18)27-23-21(25-14-26-22(19)23)17-9-8-15-6-4-5-7-16(15)12-17;1-5-10(6-2)12(14)9-13(15)11(7-3)8-4;/h4-11,13-14H,1-3H3;9-11,14H,5-8H2,1-4H3;/q-1;;/b;12-9-;. The van der Waals surface area contributed by atoms with Crippen LogP contribution < -0.4 is 4.40 Å². The molecule has 5 aromatic rings. The average molecular weight is 833 g/mol. The van der Waals surface area contributed by atoms with Crippen molar-refractivity contribution in [3.8, 4) is 11.3 Å². The first-order chi connectivity index (χ1) is 20.1. The number of benzene rings is 3. The van der Waals surface area contributed by atoms with E-state index in [4.69, 9.17) is 0 Å². The van der Waals surface area contributed by atoms with E-state index in [-0.39, 0.29) is 43.5 Å². The van der Waals surface area contributed by atoms with Gasteiger partial charge in [-0.25, -0.2) is 0 Å². The molecule has 0 unspecified atom stereocenters. The summed E-state index contributed by atoms with van der Waals surface area (Å²) in [5, 5.41) is 13.3. The maximum Gasteiger partial charge on any atom is 0 e. The molecule has 229 valence electrons. The summed E-state index contributed by atoms with van der Waals surface area (Å²) in [5.41, 5.74) is 3.06. The van der Waals surface area contributed by atoms with Crippen LogP contribution in [0.4, 0.5) is 0 Å². The van der Waals surface area contributed by atoms with Crippen molar-refractivity contribution in [2.24, 2.45) is 11.8 Å². The van der Waals surface area contributed by atoms with Crippen LogP contribution in [0.25, 0.3) is 42.3 Å². The predicted octanol–water partition coefficient (Wildman–Crippen LogP) is 9.88. The number of allylic oxidation sites excluding steroid dienone is 2. The van der Waals surface area contributed by atoms with E-state index in [9.17, 15) is 9.90 Å². The van der Waals surface area contributed by atoms with E-state index in [2.05, 4.69) is 87.9 Å². The molecule has 0 saturated carbocycles. The van der Waals surface area contributed by atoms with E-state index in [0.29, 0.717) is 0 Å². The summed E-state index contributed by atoms with van der Waals surface area (Å²) in [6.45, 7) is 8.07. The molecule has 0 amide bonds. The van der Waals surface area contributed by atoms with E-state index in [1.807, 2.05) is 27.7 Å². The third-order valence-electron chi connectivity index (χ3n) is 8.12. The Balaban J connectivity index is 0.000000274. The first-order valence-electron chi connectivity index (χ1n) is 15.1. The molecule has 0 aliphatic carbocycles. The molecule has 0 atom stereocenters. The number of hydrogen-bond acceptors (Lipinski definition) is 5. The molecule has 0 fully saturated rings. The second-order valence-corrected chi connectivity index (χ2v) is 23.6. The molecule has 0 spiro atoms. The number of carbonyl (C=O) groups excluding carboxylic acids is 1. The Hall–Kier alpha value is -2.38. The number of aromatic nitrogens is 2. The molecule has 4 nitrogen and oxygen atoms in total. The number of hydrogen-bond donors (Lipinski definition) is 1. The summed E-state index contributed by atoms with van der Waals surface area (Å²) in [7, 11) is 0. The van der Waals surface area contributed by atoms with Crippen LogP contribution in [0, 0.1) is 17.9 Å². The van der Waals surface area contributed by atoms with Crippen LogP contribution in [-0.2, 0) is 24.9 Å². The van der Waals surface area contributed by atoms with E-state index in [1.54, 1.807) is 17.7 Å². The third kappa shape index (κ3) is 8.22. The Morgan fingerprint density at radius 1 is 0.930 bits per heavy atom. The Morgan fingerprint density at radius 3 is 2.26 bits per heavy atom. The van der Waals surface area contributed by atoms with Gasteiger partial charge in [0.05, 0.1) is 5.76 Å². The van der Waals surface area contributed by atoms with Gasteiger partial charge in [-0.2, -0.15) is 0 Å². The molecule has 0 bridgehead atoms. The van der Waals surface area contributed by atoms with Crippen molar-refractivity contribution in [3.05, 3.63) is 78.8 Å². The first kappa shape index (κ1) is 35.1. The third-order valence-corrected chi connectivity index (χ3v) is 13.6.